The molecular weight excluding hydrogens is 488 g/mol. The molecule has 1 N–H and O–H groups in total. The molecule has 7 heteroatoms. The number of benzene rings is 2. The van der Waals surface area contributed by atoms with Gasteiger partial charge in [-0.2, -0.15) is 0 Å². The van der Waals surface area contributed by atoms with E-state index in [1.165, 1.54) is 21.0 Å². The number of thiophene rings is 1. The Kier molecular flexibility index (Phi) is 5.91. The molecular formula is C29H29ClN4OS. The van der Waals surface area contributed by atoms with Crippen molar-refractivity contribution in [3.05, 3.63) is 104 Å². The molecule has 0 radical (unpaired) electrons. The van der Waals surface area contributed by atoms with Gasteiger partial charge in [-0.3, -0.25) is 0 Å². The third-order valence-electron chi connectivity index (χ3n) is 7.53. The molecule has 5 nitrogen and oxygen atoms in total. The lowest BCUT2D eigenvalue weighted by molar-refractivity contribution is 0.194. The van der Waals surface area contributed by atoms with Gasteiger partial charge in [-0.15, -0.1) is 11.3 Å². The second-order valence-corrected chi connectivity index (χ2v) is 11.4. The molecule has 4 heterocycles. The second-order valence-electron chi connectivity index (χ2n) is 9.84. The minimum absolute atomic E-state index is 0.109. The first-order chi connectivity index (χ1) is 17.4. The predicted molar refractivity (Wildman–Crippen MR) is 147 cm³/mol. The minimum Gasteiger partial charge on any atom is -0.310 e. The first kappa shape index (κ1) is 23.3. The van der Waals surface area contributed by atoms with Gasteiger partial charge in [-0.1, -0.05) is 35.9 Å². The van der Waals surface area contributed by atoms with Crippen LogP contribution in [0.25, 0.3) is 5.00 Å². The van der Waals surface area contributed by atoms with E-state index in [4.69, 9.17) is 11.6 Å². The summed E-state index contributed by atoms with van der Waals surface area (Å²) in [5.41, 5.74) is 7.83. The van der Waals surface area contributed by atoms with Crippen molar-refractivity contribution in [3.8, 4) is 5.00 Å². The summed E-state index contributed by atoms with van der Waals surface area (Å²) in [7, 11) is 2.17. The zero-order valence-corrected chi connectivity index (χ0v) is 22.3. The Morgan fingerprint density at radius 2 is 1.89 bits per heavy atom. The first-order valence-corrected chi connectivity index (χ1v) is 13.5. The number of hydrogen-bond donors (Lipinski definition) is 1. The molecule has 36 heavy (non-hydrogen) atoms. The average Bonchev–Trinajstić information content (AvgIpc) is 3.43. The van der Waals surface area contributed by atoms with Gasteiger partial charge in [0, 0.05) is 40.4 Å². The van der Waals surface area contributed by atoms with Crippen molar-refractivity contribution in [2.45, 2.75) is 39.4 Å². The molecule has 4 aromatic rings. The molecule has 0 aliphatic carbocycles. The topological polar surface area (TPSA) is 40.5 Å². The van der Waals surface area contributed by atoms with Crippen LogP contribution < -0.4 is 5.32 Å². The molecule has 0 saturated heterocycles. The van der Waals surface area contributed by atoms with Gasteiger partial charge in [0.2, 0.25) is 0 Å². The largest absolute Gasteiger partial charge is 0.322 e. The molecule has 2 aliphatic rings. The van der Waals surface area contributed by atoms with Gasteiger partial charge in [0.1, 0.15) is 5.00 Å². The highest BCUT2D eigenvalue weighted by molar-refractivity contribution is 7.15. The van der Waals surface area contributed by atoms with E-state index in [1.807, 2.05) is 46.6 Å². The molecule has 2 amide bonds. The van der Waals surface area contributed by atoms with Gasteiger partial charge in [-0.05, 0) is 79.9 Å². The van der Waals surface area contributed by atoms with Crippen LogP contribution in [0.3, 0.4) is 0 Å². The molecule has 1 atom stereocenters. The van der Waals surface area contributed by atoms with Crippen LogP contribution in [0.1, 0.15) is 44.4 Å². The molecule has 184 valence electrons. The van der Waals surface area contributed by atoms with E-state index in [1.54, 1.807) is 0 Å². The van der Waals surface area contributed by atoms with E-state index in [-0.39, 0.29) is 12.1 Å². The van der Waals surface area contributed by atoms with Crippen LogP contribution >= 0.6 is 22.9 Å². The number of aryl methyl sites for hydroxylation is 1. The van der Waals surface area contributed by atoms with Crippen molar-refractivity contribution in [2.24, 2.45) is 0 Å². The molecule has 6 rings (SSSR count). The monoisotopic (exact) mass is 516 g/mol. The summed E-state index contributed by atoms with van der Waals surface area (Å²) in [4.78, 5) is 19.9. The zero-order chi connectivity index (χ0) is 25.0. The number of halogens is 1. The summed E-state index contributed by atoms with van der Waals surface area (Å²) in [6, 6.07) is 17.7. The Morgan fingerprint density at radius 1 is 1.06 bits per heavy atom. The third kappa shape index (κ3) is 3.94. The Bertz CT molecular complexity index is 1470. The summed E-state index contributed by atoms with van der Waals surface area (Å²) in [6.07, 6.45) is 3.13. The molecule has 2 aliphatic heterocycles. The number of urea groups is 1. The molecule has 0 unspecified atom stereocenters. The van der Waals surface area contributed by atoms with Crippen LogP contribution in [0.4, 0.5) is 10.5 Å². The van der Waals surface area contributed by atoms with Crippen molar-refractivity contribution in [2.75, 3.05) is 18.9 Å². The summed E-state index contributed by atoms with van der Waals surface area (Å²) in [6.45, 7) is 6.65. The smallest absolute Gasteiger partial charge is 0.310 e. The van der Waals surface area contributed by atoms with E-state index in [2.05, 4.69) is 66.1 Å². The summed E-state index contributed by atoms with van der Waals surface area (Å²) in [5, 5.41) is 5.13. The average molecular weight is 517 g/mol. The fraction of sp³-hybridized carbons (Fsp3) is 0.276. The summed E-state index contributed by atoms with van der Waals surface area (Å²) in [5.74, 6) is 0. The number of anilines is 1. The number of fused-ring (bicyclic) bond motifs is 5. The lowest BCUT2D eigenvalue weighted by Gasteiger charge is -2.32. The van der Waals surface area contributed by atoms with Crippen LogP contribution in [-0.4, -0.2) is 34.0 Å². The molecule has 2 aromatic heterocycles. The standard InChI is InChI=1S/C29H29ClN4OS/c1-18-7-4-10-24(19(18)2)31-29(35)34-16-23-22-12-14-32(3)17-26(22)36-28(23)33-13-6-11-25(33)27(34)20-8-5-9-21(30)15-20/h4-11,13,15,27H,12,14,16-17H2,1-3H3,(H,31,35)/t27-/m1/s1. The Balaban J connectivity index is 1.51. The Hall–Kier alpha value is -3.06. The number of hydrogen-bond acceptors (Lipinski definition) is 3. The quantitative estimate of drug-likeness (QED) is 0.313. The maximum atomic E-state index is 14.1. The van der Waals surface area contributed by atoms with E-state index in [9.17, 15) is 4.79 Å². The SMILES string of the molecule is Cc1cccc(NC(=O)N2Cc3c(sc4c3CCN(C)C4)-n3cccc3[C@H]2c2cccc(Cl)c2)c1C. The summed E-state index contributed by atoms with van der Waals surface area (Å²) < 4.78 is 2.29. The van der Waals surface area contributed by atoms with Gasteiger partial charge >= 0.3 is 6.03 Å². The Labute approximate surface area is 220 Å². The lowest BCUT2D eigenvalue weighted by Crippen LogP contribution is -2.38. The number of rotatable bonds is 2. The number of likely N-dealkylation sites (N-methyl/N-ethyl adjacent to an activating group) is 1. The second kappa shape index (κ2) is 9.11. The highest BCUT2D eigenvalue weighted by Crippen LogP contribution is 2.44. The predicted octanol–water partition coefficient (Wildman–Crippen LogP) is 6.93. The van der Waals surface area contributed by atoms with Crippen LogP contribution in [0.15, 0.2) is 60.8 Å². The van der Waals surface area contributed by atoms with Crippen LogP contribution in [0.2, 0.25) is 5.02 Å². The first-order valence-electron chi connectivity index (χ1n) is 12.3. The van der Waals surface area contributed by atoms with Gasteiger partial charge < -0.3 is 19.7 Å². The van der Waals surface area contributed by atoms with Gasteiger partial charge in [-0.25, -0.2) is 4.79 Å². The zero-order valence-electron chi connectivity index (χ0n) is 20.7. The van der Waals surface area contributed by atoms with Gasteiger partial charge in [0.05, 0.1) is 18.3 Å². The van der Waals surface area contributed by atoms with E-state index < -0.39 is 0 Å². The molecule has 0 spiro atoms. The number of aromatic nitrogens is 1. The van der Waals surface area contributed by atoms with Crippen molar-refractivity contribution in [1.29, 1.82) is 0 Å². The maximum Gasteiger partial charge on any atom is 0.322 e. The number of amides is 2. The van der Waals surface area contributed by atoms with Gasteiger partial charge in [0.15, 0.2) is 0 Å². The van der Waals surface area contributed by atoms with Gasteiger partial charge in [0.25, 0.3) is 0 Å². The summed E-state index contributed by atoms with van der Waals surface area (Å²) >= 11 is 8.31. The van der Waals surface area contributed by atoms with E-state index in [0.29, 0.717) is 11.6 Å². The maximum absolute atomic E-state index is 14.1. The highest BCUT2D eigenvalue weighted by Gasteiger charge is 2.36. The van der Waals surface area contributed by atoms with Crippen LogP contribution in [-0.2, 0) is 19.5 Å². The number of nitrogens with zero attached hydrogens (tertiary/aromatic N) is 3. The van der Waals surface area contributed by atoms with Crippen molar-refractivity contribution in [1.82, 2.24) is 14.4 Å². The highest BCUT2D eigenvalue weighted by atomic mass is 35.5. The fourth-order valence-corrected chi connectivity index (χ4v) is 7.09. The number of carbonyl (C=O) groups excluding carboxylic acids is 1. The number of nitrogens with one attached hydrogen (secondary N) is 1. The number of carbonyl (C=O) groups is 1. The fourth-order valence-electron chi connectivity index (χ4n) is 5.45. The van der Waals surface area contributed by atoms with E-state index in [0.717, 1.165) is 47.6 Å². The van der Waals surface area contributed by atoms with Crippen molar-refractivity contribution in [3.63, 3.8) is 0 Å². The van der Waals surface area contributed by atoms with Crippen molar-refractivity contribution >= 4 is 34.7 Å². The molecule has 2 aromatic carbocycles. The molecule has 0 fully saturated rings. The molecule has 0 saturated carbocycles. The van der Waals surface area contributed by atoms with Crippen LogP contribution in [0.5, 0.6) is 0 Å². The normalized spacial score (nSPS) is 17.2. The van der Waals surface area contributed by atoms with Crippen molar-refractivity contribution < 1.29 is 4.79 Å². The Morgan fingerprint density at radius 3 is 2.72 bits per heavy atom. The van der Waals surface area contributed by atoms with Crippen LogP contribution in [0, 0.1) is 13.8 Å². The van der Waals surface area contributed by atoms with E-state index >= 15 is 0 Å². The molecule has 0 bridgehead atoms. The lowest BCUT2D eigenvalue weighted by atomic mass is 10.0. The minimum atomic E-state index is -0.273. The third-order valence-corrected chi connectivity index (χ3v) is 9.02.